The molecule has 1 saturated carbocycles. The van der Waals surface area contributed by atoms with Crippen molar-refractivity contribution in [2.24, 2.45) is 0 Å². The summed E-state index contributed by atoms with van der Waals surface area (Å²) in [6.07, 6.45) is 18.9. The number of ether oxygens (including phenoxy) is 1. The van der Waals surface area contributed by atoms with E-state index in [0.29, 0.717) is 24.5 Å². The zero-order chi connectivity index (χ0) is 52.0. The van der Waals surface area contributed by atoms with E-state index < -0.39 is 5.60 Å². The number of aromatic nitrogens is 8. The van der Waals surface area contributed by atoms with E-state index in [2.05, 4.69) is 129 Å². The van der Waals surface area contributed by atoms with Crippen LogP contribution in [-0.2, 0) is 4.74 Å². The number of likely N-dealkylation sites (tertiary alicyclic amines) is 1. The maximum absolute atomic E-state index is 12.8. The van der Waals surface area contributed by atoms with E-state index in [1.807, 2.05) is 63.8 Å². The van der Waals surface area contributed by atoms with Crippen molar-refractivity contribution >= 4 is 28.0 Å². The number of H-pyrrole nitrogens is 4. The van der Waals surface area contributed by atoms with E-state index in [0.717, 1.165) is 152 Å². The first-order chi connectivity index (χ1) is 37.6. The van der Waals surface area contributed by atoms with Gasteiger partial charge < -0.3 is 44.1 Å². The number of hydrogen-bond donors (Lipinski definition) is 6. The summed E-state index contributed by atoms with van der Waals surface area (Å²) in [7, 11) is 0. The largest absolute Gasteiger partial charge is 0.456 e. The molecular formula is C62H65N11O4. The number of imidazole rings is 4. The Morgan fingerprint density at radius 1 is 0.506 bits per heavy atom. The standard InChI is InChI=1S/C34H37N5O3.C28H28N6O/c1-34(2,3)42-33(40)39-16-6-9-28(39)32-36-20-27(38-32)24-14-15-29-25(17-24)18-30(41-29)22-12-10-21(11-13-22)26-19-35-31(37-26)23-7-4-5-8-23;1-3-21(29-11-1)27-31-15-23(33-27)17-5-7-18(8-6-17)26-14-20-13-19(9-10-25(20)35-26)24-16-32-28(34-24)22-4-2-12-30-22/h10-15,17-20,23,28H,4-9,16H2,1-3H3,(H,35,37)(H,36,38);5-10,13-16,21-22,29-30H,1-4,11-12H2,(H,31,33)(H,32,34)/t28-;21-,22-/m00/s1. The van der Waals surface area contributed by atoms with E-state index in [9.17, 15) is 4.79 Å². The quantitative estimate of drug-likeness (QED) is 0.0767. The summed E-state index contributed by atoms with van der Waals surface area (Å²) < 4.78 is 18.0. The maximum Gasteiger partial charge on any atom is 0.410 e. The van der Waals surface area contributed by atoms with Crippen LogP contribution in [0.25, 0.3) is 89.6 Å². The van der Waals surface area contributed by atoms with Crippen LogP contribution in [0.2, 0.25) is 0 Å². The summed E-state index contributed by atoms with van der Waals surface area (Å²) in [5.41, 5.74) is 11.7. The summed E-state index contributed by atoms with van der Waals surface area (Å²) in [5.74, 6) is 6.22. The van der Waals surface area contributed by atoms with E-state index >= 15 is 0 Å². The minimum Gasteiger partial charge on any atom is -0.456 e. The van der Waals surface area contributed by atoms with Gasteiger partial charge in [0.05, 0.1) is 65.7 Å². The minimum absolute atomic E-state index is 0.114. The van der Waals surface area contributed by atoms with Crippen LogP contribution in [-0.4, -0.2) is 76.1 Å². The molecule has 0 unspecified atom stereocenters. The highest BCUT2D eigenvalue weighted by Gasteiger charge is 2.35. The van der Waals surface area contributed by atoms with E-state index in [1.165, 1.54) is 38.5 Å². The molecule has 0 radical (unpaired) electrons. The van der Waals surface area contributed by atoms with Gasteiger partial charge in [0.15, 0.2) is 0 Å². The Kier molecular flexibility index (Phi) is 12.9. The molecule has 4 fully saturated rings. The third-order valence-corrected chi connectivity index (χ3v) is 15.7. The van der Waals surface area contributed by atoms with Crippen molar-refractivity contribution in [3.63, 3.8) is 0 Å². The second kappa shape index (κ2) is 20.5. The number of fused-ring (bicyclic) bond motifs is 2. The Bertz CT molecular complexity index is 3660. The number of nitrogens with zero attached hydrogens (tertiary/aromatic N) is 5. The molecule has 9 heterocycles. The van der Waals surface area contributed by atoms with Crippen LogP contribution < -0.4 is 10.6 Å². The predicted molar refractivity (Wildman–Crippen MR) is 300 cm³/mol. The summed E-state index contributed by atoms with van der Waals surface area (Å²) in [5, 5.41) is 9.10. The summed E-state index contributed by atoms with van der Waals surface area (Å²) in [6.45, 7) is 8.46. The Morgan fingerprint density at radius 3 is 1.44 bits per heavy atom. The molecule has 4 aromatic carbocycles. The van der Waals surface area contributed by atoms with Gasteiger partial charge in [-0.1, -0.05) is 61.4 Å². The summed E-state index contributed by atoms with van der Waals surface area (Å²) in [4.78, 5) is 47.1. The van der Waals surface area contributed by atoms with Gasteiger partial charge in [-0.3, -0.25) is 4.90 Å². The number of benzene rings is 4. The molecule has 4 aliphatic rings. The lowest BCUT2D eigenvalue weighted by Crippen LogP contribution is -2.36. The fourth-order valence-electron chi connectivity index (χ4n) is 11.6. The molecule has 10 aromatic rings. The molecule has 3 atom stereocenters. The van der Waals surface area contributed by atoms with E-state index in [4.69, 9.17) is 13.6 Å². The van der Waals surface area contributed by atoms with Crippen LogP contribution in [0.3, 0.4) is 0 Å². The van der Waals surface area contributed by atoms with Crippen LogP contribution >= 0.6 is 0 Å². The Labute approximate surface area is 447 Å². The molecule has 3 aliphatic heterocycles. The SMILES string of the molecule is CC(C)(C)OC(=O)N1CCC[C@H]1c1ncc(-c2ccc3oc(-c4ccc(-c5cnc(C6CCCC6)[nH]5)cc4)cc3c2)[nH]1.c1cc(-c2cc3cc(-c4cnc([C@@H]5CCCN5)[nH]4)ccc3o2)ccc1-c1cnc([C@@H]2CCCN2)[nH]1. The number of nitrogens with one attached hydrogen (secondary N) is 6. The summed E-state index contributed by atoms with van der Waals surface area (Å²) >= 11 is 0. The van der Waals surface area contributed by atoms with Gasteiger partial charge in [-0.15, -0.1) is 0 Å². The minimum atomic E-state index is -0.530. The van der Waals surface area contributed by atoms with E-state index in [1.54, 1.807) is 4.90 Å². The lowest BCUT2D eigenvalue weighted by molar-refractivity contribution is 0.0218. The molecular weight excluding hydrogens is 963 g/mol. The van der Waals surface area contributed by atoms with Crippen LogP contribution in [0.5, 0.6) is 0 Å². The third kappa shape index (κ3) is 10.2. The van der Waals surface area contributed by atoms with Gasteiger partial charge >= 0.3 is 6.09 Å². The fraction of sp³-hybridized carbons (Fsp3) is 0.339. The van der Waals surface area contributed by atoms with E-state index in [-0.39, 0.29) is 12.1 Å². The van der Waals surface area contributed by atoms with Crippen LogP contribution in [0.15, 0.2) is 131 Å². The van der Waals surface area contributed by atoms with Crippen molar-refractivity contribution in [2.45, 2.75) is 115 Å². The molecule has 14 rings (SSSR count). The van der Waals surface area contributed by atoms with Gasteiger partial charge in [0.1, 0.15) is 51.6 Å². The predicted octanol–water partition coefficient (Wildman–Crippen LogP) is 14.3. The lowest BCUT2D eigenvalue weighted by Gasteiger charge is -2.27. The number of furan rings is 2. The van der Waals surface area contributed by atoms with Crippen molar-refractivity contribution in [3.05, 3.63) is 145 Å². The highest BCUT2D eigenvalue weighted by molar-refractivity contribution is 5.88. The molecule has 392 valence electrons. The highest BCUT2D eigenvalue weighted by Crippen LogP contribution is 2.38. The molecule has 3 saturated heterocycles. The van der Waals surface area contributed by atoms with Crippen molar-refractivity contribution < 1.29 is 18.4 Å². The number of hydrogen-bond acceptors (Lipinski definition) is 10. The molecule has 1 aliphatic carbocycles. The second-order valence-electron chi connectivity index (χ2n) is 22.2. The molecule has 1 amide bonds. The number of amides is 1. The monoisotopic (exact) mass is 1030 g/mol. The van der Waals surface area contributed by atoms with Gasteiger partial charge in [0, 0.05) is 45.5 Å². The van der Waals surface area contributed by atoms with Crippen LogP contribution in [0.1, 0.15) is 132 Å². The Hall–Kier alpha value is -8.01. The van der Waals surface area contributed by atoms with Crippen molar-refractivity contribution in [1.29, 1.82) is 0 Å². The number of carbonyl (C=O) groups excluding carboxylic acids is 1. The molecule has 15 heteroatoms. The fourth-order valence-corrected chi connectivity index (χ4v) is 11.6. The number of carbonyl (C=O) groups is 1. The number of rotatable bonds is 10. The normalized spacial score (nSPS) is 18.9. The molecule has 77 heavy (non-hydrogen) atoms. The van der Waals surface area contributed by atoms with Gasteiger partial charge in [-0.05, 0) is 145 Å². The average Bonchev–Trinajstić information content (AvgIpc) is 4.32. The molecule has 0 bridgehead atoms. The van der Waals surface area contributed by atoms with Gasteiger partial charge in [-0.25, -0.2) is 24.7 Å². The topological polar surface area (TPSA) is 195 Å². The first kappa shape index (κ1) is 48.6. The Balaban J connectivity index is 0.000000149. The first-order valence-corrected chi connectivity index (χ1v) is 27.6. The molecule has 0 spiro atoms. The highest BCUT2D eigenvalue weighted by atomic mass is 16.6. The summed E-state index contributed by atoms with van der Waals surface area (Å²) in [6, 6.07) is 34.1. The van der Waals surface area contributed by atoms with Gasteiger partial charge in [0.25, 0.3) is 0 Å². The van der Waals surface area contributed by atoms with Crippen molar-refractivity contribution in [3.8, 4) is 67.7 Å². The second-order valence-corrected chi connectivity index (χ2v) is 22.2. The molecule has 6 aromatic heterocycles. The third-order valence-electron chi connectivity index (χ3n) is 15.7. The van der Waals surface area contributed by atoms with Crippen molar-refractivity contribution in [1.82, 2.24) is 55.4 Å². The van der Waals surface area contributed by atoms with Crippen LogP contribution in [0.4, 0.5) is 4.79 Å². The lowest BCUT2D eigenvalue weighted by atomic mass is 10.1. The number of aromatic amines is 4. The smallest absolute Gasteiger partial charge is 0.410 e. The molecule has 15 nitrogen and oxygen atoms in total. The zero-order valence-corrected chi connectivity index (χ0v) is 43.9. The van der Waals surface area contributed by atoms with Crippen molar-refractivity contribution in [2.75, 3.05) is 19.6 Å². The zero-order valence-electron chi connectivity index (χ0n) is 43.9. The van der Waals surface area contributed by atoms with Crippen LogP contribution in [0, 0.1) is 0 Å². The first-order valence-electron chi connectivity index (χ1n) is 27.6. The average molecular weight is 1030 g/mol. The van der Waals surface area contributed by atoms with Gasteiger partial charge in [0.2, 0.25) is 0 Å². The Morgan fingerprint density at radius 2 is 0.948 bits per heavy atom. The molecule has 6 N–H and O–H groups in total. The van der Waals surface area contributed by atoms with Gasteiger partial charge in [-0.2, -0.15) is 0 Å². The maximum atomic E-state index is 12.8.